The Bertz CT molecular complexity index is 159. The van der Waals surface area contributed by atoms with Gasteiger partial charge in [0.15, 0.2) is 0 Å². The van der Waals surface area contributed by atoms with Gasteiger partial charge in [-0.15, -0.1) is 0 Å². The fourth-order valence-corrected chi connectivity index (χ4v) is 0. The first-order valence-electron chi connectivity index (χ1n) is 1.15. The fourth-order valence-electron chi connectivity index (χ4n) is 0. The Labute approximate surface area is 80.3 Å². The molecule has 0 atom stereocenters. The van der Waals surface area contributed by atoms with Crippen LogP contribution >= 0.6 is 12.6 Å². The van der Waals surface area contributed by atoms with Gasteiger partial charge in [0, 0.05) is 0 Å². The van der Waals surface area contributed by atoms with Crippen molar-refractivity contribution >= 4 is 52.6 Å². The van der Waals surface area contributed by atoms with E-state index in [9.17, 15) is 0 Å². The number of hydrogen-bond acceptors (Lipinski definition) is 4. The molecule has 0 unspecified atom stereocenters. The van der Waals surface area contributed by atoms with E-state index in [0.29, 0.717) is 0 Å². The van der Waals surface area contributed by atoms with Crippen LogP contribution in [0.25, 0.3) is 0 Å². The van der Waals surface area contributed by atoms with E-state index in [1.807, 2.05) is 0 Å². The monoisotopic (exact) mass is 181 g/mol. The van der Waals surface area contributed by atoms with Crippen LogP contribution in [0.15, 0.2) is 0 Å². The topological polar surface area (TPSA) is 98.4 Å². The van der Waals surface area contributed by atoms with E-state index in [-0.39, 0.29) is 29.6 Å². The standard InChI is InChI=1S/CHNS.Na.H2O4S.H/c2-1-3;;1-5(2,3)4;/h3H;;(H2,1,2,3,4);. The number of thiol groups is 1. The number of rotatable bonds is 0. The van der Waals surface area contributed by atoms with E-state index < -0.39 is 10.4 Å². The molecule has 0 aliphatic heterocycles. The molecule has 0 rings (SSSR count). The van der Waals surface area contributed by atoms with Crippen LogP contribution in [0.1, 0.15) is 0 Å². The third-order valence-corrected chi connectivity index (χ3v) is 0. The van der Waals surface area contributed by atoms with E-state index in [4.69, 9.17) is 22.8 Å². The minimum atomic E-state index is -4.67. The molecule has 0 saturated carbocycles. The average molecular weight is 181 g/mol. The second-order valence-electron chi connectivity index (χ2n) is 0.548. The van der Waals surface area contributed by atoms with Crippen molar-refractivity contribution in [3.8, 4) is 5.40 Å². The SMILES string of the molecule is N#CS.O=S(=O)(O)O.[NaH]. The molecule has 50 valence electrons. The van der Waals surface area contributed by atoms with Crippen molar-refractivity contribution in [2.24, 2.45) is 0 Å². The van der Waals surface area contributed by atoms with Crippen LogP contribution in [0.5, 0.6) is 0 Å². The Morgan fingerprint density at radius 3 is 1.44 bits per heavy atom. The Morgan fingerprint density at radius 1 is 1.44 bits per heavy atom. The van der Waals surface area contributed by atoms with Crippen molar-refractivity contribution in [1.82, 2.24) is 0 Å². The van der Waals surface area contributed by atoms with E-state index in [1.165, 1.54) is 5.40 Å². The summed E-state index contributed by atoms with van der Waals surface area (Å²) in [7, 11) is -4.67. The van der Waals surface area contributed by atoms with E-state index in [0.717, 1.165) is 0 Å². The Morgan fingerprint density at radius 2 is 1.44 bits per heavy atom. The van der Waals surface area contributed by atoms with Crippen LogP contribution in [0.4, 0.5) is 0 Å². The van der Waals surface area contributed by atoms with Gasteiger partial charge >= 0.3 is 40.0 Å². The van der Waals surface area contributed by atoms with Crippen LogP contribution in [0.2, 0.25) is 0 Å². The summed E-state index contributed by atoms with van der Waals surface area (Å²) in [4.78, 5) is 0. The van der Waals surface area contributed by atoms with Gasteiger partial charge in [0.25, 0.3) is 0 Å². The fraction of sp³-hybridized carbons (Fsp3) is 0. The van der Waals surface area contributed by atoms with Crippen molar-refractivity contribution in [1.29, 1.82) is 5.26 Å². The summed E-state index contributed by atoms with van der Waals surface area (Å²) in [5, 5.41) is 8.63. The summed E-state index contributed by atoms with van der Waals surface area (Å²) in [5.74, 6) is 0. The van der Waals surface area contributed by atoms with Crippen molar-refractivity contribution in [3.63, 3.8) is 0 Å². The second kappa shape index (κ2) is 8.71. The van der Waals surface area contributed by atoms with Gasteiger partial charge in [-0.3, -0.25) is 9.11 Å². The van der Waals surface area contributed by atoms with Crippen molar-refractivity contribution < 1.29 is 17.5 Å². The molecule has 0 aromatic rings. The van der Waals surface area contributed by atoms with E-state index in [2.05, 4.69) is 12.6 Å². The zero-order chi connectivity index (χ0) is 7.21. The predicted molar refractivity (Wildman–Crippen MR) is 35.9 cm³/mol. The Hall–Kier alpha value is 0.710. The van der Waals surface area contributed by atoms with Crippen LogP contribution in [-0.2, 0) is 10.4 Å². The number of nitriles is 1. The first kappa shape index (κ1) is 16.4. The molecule has 0 spiro atoms. The van der Waals surface area contributed by atoms with Gasteiger partial charge in [-0.2, -0.15) is 13.7 Å². The van der Waals surface area contributed by atoms with Gasteiger partial charge in [-0.1, -0.05) is 12.6 Å². The molecule has 0 saturated heterocycles. The third kappa shape index (κ3) is 778. The molecule has 0 fully saturated rings. The molecule has 0 heterocycles. The van der Waals surface area contributed by atoms with Gasteiger partial charge < -0.3 is 0 Å². The normalized spacial score (nSPS) is 7.33. The van der Waals surface area contributed by atoms with Crippen molar-refractivity contribution in [2.75, 3.05) is 0 Å². The van der Waals surface area contributed by atoms with Gasteiger partial charge in [-0.05, 0) is 0 Å². The Kier molecular flexibility index (Phi) is 15.8. The zero-order valence-electron chi connectivity index (χ0n) is 3.51. The average Bonchev–Trinajstić information content (AvgIpc) is 1.27. The molecule has 8 heteroatoms. The maximum atomic E-state index is 8.74. The van der Waals surface area contributed by atoms with Crippen LogP contribution in [-0.4, -0.2) is 47.1 Å². The molecule has 0 radical (unpaired) electrons. The molecule has 0 aromatic carbocycles. The van der Waals surface area contributed by atoms with Gasteiger partial charge in [-0.25, -0.2) is 0 Å². The summed E-state index contributed by atoms with van der Waals surface area (Å²) in [6.45, 7) is 0. The molecule has 0 aliphatic rings. The van der Waals surface area contributed by atoms with Crippen LogP contribution in [0, 0.1) is 10.7 Å². The molecule has 2 N–H and O–H groups in total. The van der Waals surface area contributed by atoms with Crippen molar-refractivity contribution in [3.05, 3.63) is 0 Å². The van der Waals surface area contributed by atoms with Gasteiger partial charge in [0.2, 0.25) is 0 Å². The molecule has 0 aliphatic carbocycles. The summed E-state index contributed by atoms with van der Waals surface area (Å²) >= 11 is 3.09. The zero-order valence-corrected chi connectivity index (χ0v) is 5.22. The quantitative estimate of drug-likeness (QED) is 0.194. The molecule has 0 bridgehead atoms. The summed E-state index contributed by atoms with van der Waals surface area (Å²) in [6, 6.07) is 0. The molecule has 0 amide bonds. The summed E-state index contributed by atoms with van der Waals surface area (Å²) in [5.41, 5.74) is 0. The molecule has 0 aromatic heterocycles. The van der Waals surface area contributed by atoms with Crippen LogP contribution < -0.4 is 0 Å². The molecule has 9 heavy (non-hydrogen) atoms. The van der Waals surface area contributed by atoms with Crippen molar-refractivity contribution in [2.45, 2.75) is 0 Å². The number of hydrogen-bond donors (Lipinski definition) is 3. The van der Waals surface area contributed by atoms with E-state index >= 15 is 0 Å². The minimum absolute atomic E-state index is 0. The summed E-state index contributed by atoms with van der Waals surface area (Å²) in [6.07, 6.45) is 0. The second-order valence-corrected chi connectivity index (χ2v) is 1.64. The van der Waals surface area contributed by atoms with Gasteiger partial charge in [0.1, 0.15) is 5.40 Å². The molecule has 5 nitrogen and oxygen atoms in total. The summed E-state index contributed by atoms with van der Waals surface area (Å²) < 4.78 is 31.6. The maximum absolute atomic E-state index is 8.74. The van der Waals surface area contributed by atoms with Gasteiger partial charge in [0.05, 0.1) is 0 Å². The third-order valence-electron chi connectivity index (χ3n) is 0. The number of thiocyanates is 1. The molecular formula is CH4NNaO4S2. The van der Waals surface area contributed by atoms with Crippen LogP contribution in [0.3, 0.4) is 0 Å². The predicted octanol–water partition coefficient (Wildman–Crippen LogP) is -0.904. The first-order valence-corrected chi connectivity index (χ1v) is 2.99. The molecular weight excluding hydrogens is 177 g/mol. The first-order chi connectivity index (χ1) is 3.41. The van der Waals surface area contributed by atoms with E-state index in [1.54, 1.807) is 0 Å². The Balaban J connectivity index is -0.0000000800. The number of nitrogens with zero attached hydrogens (tertiary/aromatic N) is 1.